The van der Waals surface area contributed by atoms with Gasteiger partial charge < -0.3 is 24.8 Å². The number of likely N-dealkylation sites (N-methyl/N-ethyl adjacent to an activating group) is 1. The Hall–Kier alpha value is -3.39. The van der Waals surface area contributed by atoms with Gasteiger partial charge in [-0.25, -0.2) is 4.79 Å². The molecule has 0 saturated heterocycles. The second-order valence-corrected chi connectivity index (χ2v) is 8.90. The van der Waals surface area contributed by atoms with Gasteiger partial charge in [0, 0.05) is 26.1 Å². The first kappa shape index (κ1) is 26.2. The van der Waals surface area contributed by atoms with Gasteiger partial charge >= 0.3 is 12.1 Å². The van der Waals surface area contributed by atoms with Crippen LogP contribution < -0.4 is 5.32 Å². The number of alkyl carbamates (subject to hydrolysis) is 1. The third kappa shape index (κ3) is 5.48. The zero-order valence-electron chi connectivity index (χ0n) is 20.7. The number of nitrogens with zero attached hydrogens (tertiary/aromatic N) is 1. The molecule has 2 atom stereocenters. The monoisotopic (exact) mass is 482 g/mol. The smallest absolute Gasteiger partial charge is 0.408 e. The van der Waals surface area contributed by atoms with Crippen LogP contribution in [0.1, 0.15) is 44.2 Å². The van der Waals surface area contributed by atoms with E-state index in [4.69, 9.17) is 9.47 Å². The molecule has 2 amide bonds. The van der Waals surface area contributed by atoms with Crippen molar-refractivity contribution in [2.45, 2.75) is 38.6 Å². The van der Waals surface area contributed by atoms with Crippen LogP contribution in [-0.4, -0.2) is 66.9 Å². The molecule has 0 aliphatic heterocycles. The van der Waals surface area contributed by atoms with E-state index < -0.39 is 29.4 Å². The van der Waals surface area contributed by atoms with Crippen molar-refractivity contribution in [3.05, 3.63) is 59.7 Å². The Balaban J connectivity index is 1.76. The first-order chi connectivity index (χ1) is 16.8. The van der Waals surface area contributed by atoms with Crippen molar-refractivity contribution in [2.75, 3.05) is 33.4 Å². The fourth-order valence-electron chi connectivity index (χ4n) is 4.64. The van der Waals surface area contributed by atoms with E-state index in [1.165, 1.54) is 12.0 Å². The Bertz CT molecular complexity index is 1030. The van der Waals surface area contributed by atoms with Crippen LogP contribution >= 0.6 is 0 Å². The summed E-state index contributed by atoms with van der Waals surface area (Å²) in [6.45, 7) is 5.47. The average Bonchev–Trinajstić information content (AvgIpc) is 3.18. The molecule has 3 rings (SSSR count). The number of hydrogen-bond donors (Lipinski definition) is 2. The number of carboxylic acids is 1. The van der Waals surface area contributed by atoms with Gasteiger partial charge in [0.05, 0.1) is 12.5 Å². The summed E-state index contributed by atoms with van der Waals surface area (Å²) in [6.07, 6.45) is -0.469. The van der Waals surface area contributed by atoms with E-state index in [0.29, 0.717) is 6.54 Å². The standard InChI is InChI=1S/C27H34N2O6/c1-5-27(17-34-4,25(32)29(6-2)15-18(3)24(30)31)28-26(33)35-16-23-21-13-9-7-11-19(21)20-12-8-10-14-22(20)23/h7-14,18,23H,5-6,15-17H2,1-4H3,(H,28,33)(H,30,31). The molecule has 2 N–H and O–H groups in total. The zero-order chi connectivity index (χ0) is 25.6. The van der Waals surface area contributed by atoms with E-state index >= 15 is 0 Å². The molecule has 0 bridgehead atoms. The van der Waals surface area contributed by atoms with Crippen molar-refractivity contribution >= 4 is 18.0 Å². The summed E-state index contributed by atoms with van der Waals surface area (Å²) in [4.78, 5) is 39.2. The van der Waals surface area contributed by atoms with E-state index in [9.17, 15) is 19.5 Å². The van der Waals surface area contributed by atoms with E-state index in [-0.39, 0.29) is 32.1 Å². The Morgan fingerprint density at radius 2 is 1.63 bits per heavy atom. The van der Waals surface area contributed by atoms with Crippen LogP contribution in [0, 0.1) is 5.92 Å². The number of carbonyl (C=O) groups is 3. The molecule has 188 valence electrons. The Labute approximate surface area is 206 Å². The fraction of sp³-hybridized carbons (Fsp3) is 0.444. The molecular weight excluding hydrogens is 448 g/mol. The van der Waals surface area contributed by atoms with Crippen molar-refractivity contribution in [1.29, 1.82) is 0 Å². The van der Waals surface area contributed by atoms with Gasteiger partial charge in [0.2, 0.25) is 0 Å². The van der Waals surface area contributed by atoms with Crippen LogP contribution in [0.2, 0.25) is 0 Å². The Kier molecular flexibility index (Phi) is 8.51. The van der Waals surface area contributed by atoms with Crippen LogP contribution in [0.5, 0.6) is 0 Å². The van der Waals surface area contributed by atoms with Gasteiger partial charge in [-0.05, 0) is 35.6 Å². The molecule has 2 aromatic rings. The maximum atomic E-state index is 13.5. The molecular formula is C27H34N2O6. The normalized spacial score (nSPS) is 14.9. The minimum absolute atomic E-state index is 0.0303. The summed E-state index contributed by atoms with van der Waals surface area (Å²) in [5.41, 5.74) is 3.07. The van der Waals surface area contributed by atoms with Gasteiger partial charge in [-0.15, -0.1) is 0 Å². The van der Waals surface area contributed by atoms with Crippen LogP contribution in [0.3, 0.4) is 0 Å². The van der Waals surface area contributed by atoms with Crippen molar-refractivity contribution < 1.29 is 29.0 Å². The van der Waals surface area contributed by atoms with Gasteiger partial charge in [0.25, 0.3) is 5.91 Å². The number of amides is 2. The first-order valence-electron chi connectivity index (χ1n) is 11.9. The molecule has 0 aromatic heterocycles. The van der Waals surface area contributed by atoms with Crippen molar-refractivity contribution in [2.24, 2.45) is 5.92 Å². The summed E-state index contributed by atoms with van der Waals surface area (Å²) in [7, 11) is 1.45. The molecule has 0 fully saturated rings. The minimum Gasteiger partial charge on any atom is -0.481 e. The zero-order valence-corrected chi connectivity index (χ0v) is 20.7. The molecule has 0 radical (unpaired) electrons. The lowest BCUT2D eigenvalue weighted by molar-refractivity contribution is -0.146. The number of carboxylic acid groups (broad SMARTS) is 1. The number of aliphatic carboxylic acids is 1. The van der Waals surface area contributed by atoms with Crippen LogP contribution in [0.15, 0.2) is 48.5 Å². The highest BCUT2D eigenvalue weighted by atomic mass is 16.5. The highest BCUT2D eigenvalue weighted by Gasteiger charge is 2.42. The second kappa shape index (κ2) is 11.4. The average molecular weight is 483 g/mol. The molecule has 8 heteroatoms. The predicted molar refractivity (Wildman–Crippen MR) is 132 cm³/mol. The van der Waals surface area contributed by atoms with Gasteiger partial charge in [-0.2, -0.15) is 0 Å². The summed E-state index contributed by atoms with van der Waals surface area (Å²) < 4.78 is 11.0. The molecule has 0 spiro atoms. The predicted octanol–water partition coefficient (Wildman–Crippen LogP) is 3.89. The molecule has 8 nitrogen and oxygen atoms in total. The summed E-state index contributed by atoms with van der Waals surface area (Å²) in [5.74, 6) is -2.24. The Morgan fingerprint density at radius 3 is 2.11 bits per heavy atom. The molecule has 2 unspecified atom stereocenters. The number of rotatable bonds is 11. The molecule has 0 saturated carbocycles. The van der Waals surface area contributed by atoms with Gasteiger partial charge in [0.1, 0.15) is 12.1 Å². The number of fused-ring (bicyclic) bond motifs is 3. The molecule has 1 aliphatic carbocycles. The topological polar surface area (TPSA) is 105 Å². The maximum absolute atomic E-state index is 13.5. The van der Waals surface area contributed by atoms with Gasteiger partial charge in [-0.3, -0.25) is 9.59 Å². The second-order valence-electron chi connectivity index (χ2n) is 8.90. The number of carbonyl (C=O) groups excluding carboxylic acids is 2. The quantitative estimate of drug-likeness (QED) is 0.504. The third-order valence-corrected chi connectivity index (χ3v) is 6.67. The molecule has 35 heavy (non-hydrogen) atoms. The Morgan fingerprint density at radius 1 is 1.06 bits per heavy atom. The maximum Gasteiger partial charge on any atom is 0.408 e. The fourth-order valence-corrected chi connectivity index (χ4v) is 4.64. The number of ether oxygens (including phenoxy) is 2. The molecule has 0 heterocycles. The van der Waals surface area contributed by atoms with Crippen LogP contribution in [-0.2, 0) is 19.1 Å². The number of nitrogens with one attached hydrogen (secondary N) is 1. The lowest BCUT2D eigenvalue weighted by Gasteiger charge is -2.36. The van der Waals surface area contributed by atoms with Gasteiger partial charge in [-0.1, -0.05) is 62.4 Å². The summed E-state index contributed by atoms with van der Waals surface area (Å²) in [6, 6.07) is 16.1. The first-order valence-corrected chi connectivity index (χ1v) is 11.9. The molecule has 1 aliphatic rings. The highest BCUT2D eigenvalue weighted by Crippen LogP contribution is 2.44. The van der Waals surface area contributed by atoms with E-state index in [1.807, 2.05) is 36.4 Å². The van der Waals surface area contributed by atoms with Crippen LogP contribution in [0.25, 0.3) is 11.1 Å². The van der Waals surface area contributed by atoms with Crippen molar-refractivity contribution in [3.63, 3.8) is 0 Å². The largest absolute Gasteiger partial charge is 0.481 e. The van der Waals surface area contributed by atoms with Crippen molar-refractivity contribution in [3.8, 4) is 11.1 Å². The summed E-state index contributed by atoms with van der Waals surface area (Å²) >= 11 is 0. The van der Waals surface area contributed by atoms with Crippen molar-refractivity contribution in [1.82, 2.24) is 10.2 Å². The third-order valence-electron chi connectivity index (χ3n) is 6.67. The van der Waals surface area contributed by atoms with E-state index in [2.05, 4.69) is 17.4 Å². The minimum atomic E-state index is -1.37. The number of methoxy groups -OCH3 is 1. The number of hydrogen-bond acceptors (Lipinski definition) is 5. The van der Waals surface area contributed by atoms with E-state index in [0.717, 1.165) is 22.3 Å². The van der Waals surface area contributed by atoms with E-state index in [1.54, 1.807) is 20.8 Å². The summed E-state index contributed by atoms with van der Waals surface area (Å²) in [5, 5.41) is 12.0. The van der Waals surface area contributed by atoms with Gasteiger partial charge in [0.15, 0.2) is 0 Å². The van der Waals surface area contributed by atoms with Crippen LogP contribution in [0.4, 0.5) is 4.79 Å². The lowest BCUT2D eigenvalue weighted by atomic mass is 9.94. The SMILES string of the molecule is CCN(CC(C)C(=O)O)C(=O)C(CC)(COC)NC(=O)OCC1c2ccccc2-c2ccccc21. The lowest BCUT2D eigenvalue weighted by Crippen LogP contribution is -2.62. The molecule has 2 aromatic carbocycles. The number of benzene rings is 2. The highest BCUT2D eigenvalue weighted by molar-refractivity contribution is 5.90.